The number of aromatic nitrogens is 4. The van der Waals surface area contributed by atoms with Crippen molar-refractivity contribution in [1.82, 2.24) is 24.5 Å². The maximum Gasteiger partial charge on any atom is 0.277 e. The van der Waals surface area contributed by atoms with Crippen LogP contribution in [0.2, 0.25) is 0 Å². The Morgan fingerprint density at radius 1 is 1.13 bits per heavy atom. The van der Waals surface area contributed by atoms with Crippen molar-refractivity contribution in [3.63, 3.8) is 0 Å². The molecule has 6 rings (SSSR count). The number of ether oxygens (including phenoxy) is 3. The summed E-state index contributed by atoms with van der Waals surface area (Å²) >= 11 is 0. The van der Waals surface area contributed by atoms with E-state index >= 15 is 0 Å². The number of H-pyrrole nitrogens is 1. The van der Waals surface area contributed by atoms with Gasteiger partial charge in [0.1, 0.15) is 11.6 Å². The standard InChI is InChI=1S/C22H25N5O4/c1-13(26-10-16(11-26)15-2-3-18-19(8-15)31-12-30-18)20-24-22(28)17-9-23-21(27(17)25-20)14-4-6-29-7-5-14/h2-3,8-9,13-14,16H,4-7,10-12H2,1H3,(H,24,25,28). The third-order valence-corrected chi connectivity index (χ3v) is 6.75. The lowest BCUT2D eigenvalue weighted by molar-refractivity contribution is 0.0829. The van der Waals surface area contributed by atoms with E-state index in [9.17, 15) is 4.79 Å². The molecule has 0 spiro atoms. The van der Waals surface area contributed by atoms with Gasteiger partial charge in [-0.2, -0.15) is 5.10 Å². The molecule has 3 aromatic rings. The summed E-state index contributed by atoms with van der Waals surface area (Å²) in [6.45, 7) is 5.63. The zero-order valence-corrected chi connectivity index (χ0v) is 17.4. The van der Waals surface area contributed by atoms with Crippen LogP contribution >= 0.6 is 0 Å². The smallest absolute Gasteiger partial charge is 0.277 e. The SMILES string of the molecule is CC(c1nn2c(C3CCOCC3)ncc2c(=O)[nH]1)N1CC(c2ccc3c(c2)OCO3)C1. The Bertz CT molecular complexity index is 1180. The monoisotopic (exact) mass is 423 g/mol. The molecule has 0 amide bonds. The van der Waals surface area contributed by atoms with Crippen LogP contribution in [0.3, 0.4) is 0 Å². The van der Waals surface area contributed by atoms with Crippen LogP contribution in [0.1, 0.15) is 54.9 Å². The van der Waals surface area contributed by atoms with E-state index in [1.54, 1.807) is 10.7 Å². The average Bonchev–Trinajstić information content (AvgIpc) is 3.40. The number of hydrogen-bond acceptors (Lipinski definition) is 7. The third kappa shape index (κ3) is 3.19. The number of fused-ring (bicyclic) bond motifs is 2. The molecular weight excluding hydrogens is 398 g/mol. The van der Waals surface area contributed by atoms with Gasteiger partial charge in [0.15, 0.2) is 17.0 Å². The van der Waals surface area contributed by atoms with Crippen LogP contribution in [-0.2, 0) is 4.74 Å². The van der Waals surface area contributed by atoms with Crippen molar-refractivity contribution in [3.8, 4) is 11.5 Å². The van der Waals surface area contributed by atoms with E-state index in [4.69, 9.17) is 19.3 Å². The number of nitrogens with one attached hydrogen (secondary N) is 1. The summed E-state index contributed by atoms with van der Waals surface area (Å²) in [6, 6.07) is 6.17. The largest absolute Gasteiger partial charge is 0.454 e. The van der Waals surface area contributed by atoms with Crippen molar-refractivity contribution in [1.29, 1.82) is 0 Å². The molecule has 3 aliphatic heterocycles. The van der Waals surface area contributed by atoms with E-state index in [1.165, 1.54) is 5.56 Å². The molecule has 0 radical (unpaired) electrons. The Hall–Kier alpha value is -2.91. The molecule has 2 fully saturated rings. The summed E-state index contributed by atoms with van der Waals surface area (Å²) in [5, 5.41) is 4.80. The molecule has 0 bridgehead atoms. The minimum Gasteiger partial charge on any atom is -0.454 e. The number of benzene rings is 1. The van der Waals surface area contributed by atoms with Gasteiger partial charge in [-0.3, -0.25) is 9.69 Å². The fraction of sp³-hybridized carbons (Fsp3) is 0.500. The van der Waals surface area contributed by atoms with E-state index < -0.39 is 0 Å². The fourth-order valence-corrected chi connectivity index (χ4v) is 4.73. The minimum atomic E-state index is -0.143. The van der Waals surface area contributed by atoms with Gasteiger partial charge in [0.25, 0.3) is 5.56 Å². The minimum absolute atomic E-state index is 0.00676. The van der Waals surface area contributed by atoms with Crippen LogP contribution in [0.4, 0.5) is 0 Å². The molecule has 9 nitrogen and oxygen atoms in total. The summed E-state index contributed by atoms with van der Waals surface area (Å²) in [7, 11) is 0. The van der Waals surface area contributed by atoms with Crippen molar-refractivity contribution >= 4 is 5.52 Å². The zero-order valence-electron chi connectivity index (χ0n) is 17.4. The molecule has 2 aromatic heterocycles. The van der Waals surface area contributed by atoms with Gasteiger partial charge < -0.3 is 19.2 Å². The first-order valence-electron chi connectivity index (χ1n) is 10.9. The average molecular weight is 423 g/mol. The van der Waals surface area contributed by atoms with Gasteiger partial charge in [-0.15, -0.1) is 0 Å². The van der Waals surface area contributed by atoms with E-state index in [2.05, 4.69) is 33.9 Å². The lowest BCUT2D eigenvalue weighted by atomic mass is 9.90. The highest BCUT2D eigenvalue weighted by Crippen LogP contribution is 2.39. The van der Waals surface area contributed by atoms with Crippen molar-refractivity contribution < 1.29 is 14.2 Å². The number of hydrogen-bond donors (Lipinski definition) is 1. The maximum absolute atomic E-state index is 12.7. The second-order valence-electron chi connectivity index (χ2n) is 8.58. The number of nitrogens with zero attached hydrogens (tertiary/aromatic N) is 4. The van der Waals surface area contributed by atoms with Gasteiger partial charge in [0.05, 0.1) is 12.2 Å². The van der Waals surface area contributed by atoms with Crippen LogP contribution in [0.5, 0.6) is 11.5 Å². The summed E-state index contributed by atoms with van der Waals surface area (Å²) < 4.78 is 18.1. The van der Waals surface area contributed by atoms with E-state index in [1.807, 2.05) is 6.07 Å². The van der Waals surface area contributed by atoms with E-state index in [0.717, 1.165) is 56.5 Å². The first kappa shape index (κ1) is 18.8. The Labute approximate surface area is 178 Å². The molecule has 9 heteroatoms. The summed E-state index contributed by atoms with van der Waals surface area (Å²) in [5.41, 5.74) is 1.61. The van der Waals surface area contributed by atoms with Crippen molar-refractivity contribution in [2.75, 3.05) is 33.1 Å². The maximum atomic E-state index is 12.7. The molecule has 2 saturated heterocycles. The highest BCUT2D eigenvalue weighted by atomic mass is 16.7. The Morgan fingerprint density at radius 3 is 2.77 bits per heavy atom. The molecular formula is C22H25N5O4. The summed E-state index contributed by atoms with van der Waals surface area (Å²) in [5.74, 6) is 3.87. The van der Waals surface area contributed by atoms with Crippen LogP contribution in [0, 0.1) is 0 Å². The normalized spacial score (nSPS) is 20.8. The highest BCUT2D eigenvalue weighted by Gasteiger charge is 2.34. The molecule has 1 atom stereocenters. The number of aromatic amines is 1. The molecule has 1 aromatic carbocycles. The molecule has 0 aliphatic carbocycles. The Morgan fingerprint density at radius 2 is 1.94 bits per heavy atom. The number of imidazole rings is 1. The molecule has 0 saturated carbocycles. The fourth-order valence-electron chi connectivity index (χ4n) is 4.73. The van der Waals surface area contributed by atoms with Crippen molar-refractivity contribution in [3.05, 3.63) is 52.0 Å². The molecule has 1 unspecified atom stereocenters. The quantitative estimate of drug-likeness (QED) is 0.688. The Kier molecular flexibility index (Phi) is 4.46. The predicted octanol–water partition coefficient (Wildman–Crippen LogP) is 2.20. The van der Waals surface area contributed by atoms with Gasteiger partial charge in [0.2, 0.25) is 6.79 Å². The molecule has 31 heavy (non-hydrogen) atoms. The second kappa shape index (κ2) is 7.35. The number of rotatable bonds is 4. The third-order valence-electron chi connectivity index (χ3n) is 6.75. The van der Waals surface area contributed by atoms with Gasteiger partial charge in [-0.05, 0) is 37.5 Å². The topological polar surface area (TPSA) is 94.0 Å². The van der Waals surface area contributed by atoms with Crippen molar-refractivity contribution in [2.24, 2.45) is 0 Å². The van der Waals surface area contributed by atoms with Crippen LogP contribution in [-0.4, -0.2) is 57.6 Å². The molecule has 5 heterocycles. The van der Waals surface area contributed by atoms with Gasteiger partial charge >= 0.3 is 0 Å². The van der Waals surface area contributed by atoms with Crippen LogP contribution in [0.25, 0.3) is 5.52 Å². The summed E-state index contributed by atoms with van der Waals surface area (Å²) in [4.78, 5) is 22.5. The molecule has 3 aliphatic rings. The summed E-state index contributed by atoms with van der Waals surface area (Å²) in [6.07, 6.45) is 3.44. The molecule has 162 valence electrons. The van der Waals surface area contributed by atoms with Crippen LogP contribution in [0.15, 0.2) is 29.2 Å². The van der Waals surface area contributed by atoms with Gasteiger partial charge in [-0.1, -0.05) is 6.07 Å². The highest BCUT2D eigenvalue weighted by molar-refractivity contribution is 5.46. The van der Waals surface area contributed by atoms with E-state index in [-0.39, 0.29) is 24.3 Å². The molecule has 1 N–H and O–H groups in total. The Balaban J connectivity index is 1.22. The van der Waals surface area contributed by atoms with Gasteiger partial charge in [0, 0.05) is 38.1 Å². The lowest BCUT2D eigenvalue weighted by Crippen LogP contribution is -2.46. The van der Waals surface area contributed by atoms with Crippen molar-refractivity contribution in [2.45, 2.75) is 37.6 Å². The lowest BCUT2D eigenvalue weighted by Gasteiger charge is -2.43. The second-order valence-corrected chi connectivity index (χ2v) is 8.58. The van der Waals surface area contributed by atoms with E-state index in [0.29, 0.717) is 17.3 Å². The first-order valence-corrected chi connectivity index (χ1v) is 10.9. The first-order chi connectivity index (χ1) is 15.2. The zero-order chi connectivity index (χ0) is 20.9. The van der Waals surface area contributed by atoms with Crippen LogP contribution < -0.4 is 15.0 Å². The predicted molar refractivity (Wildman–Crippen MR) is 112 cm³/mol. The van der Waals surface area contributed by atoms with Gasteiger partial charge in [-0.25, -0.2) is 9.50 Å². The number of likely N-dealkylation sites (tertiary alicyclic amines) is 1.